The van der Waals surface area contributed by atoms with Gasteiger partial charge >= 0.3 is 0 Å². The number of anilines is 1. The number of benzene rings is 1. The maximum atomic E-state index is 13.9. The average molecular weight is 312 g/mol. The van der Waals surface area contributed by atoms with E-state index in [9.17, 15) is 9.50 Å². The number of hydrogen-bond acceptors (Lipinski definition) is 5. The second kappa shape index (κ2) is 6.31. The zero-order chi connectivity index (χ0) is 16.4. The summed E-state index contributed by atoms with van der Waals surface area (Å²) in [6.07, 6.45) is 1.30. The Morgan fingerprint density at radius 1 is 1.30 bits per heavy atom. The minimum Gasteiger partial charge on any atom is -0.390 e. The first-order valence-electron chi connectivity index (χ1n) is 7.53. The molecule has 2 N–H and O–H groups in total. The molecule has 5 nitrogen and oxygen atoms in total. The van der Waals surface area contributed by atoms with Gasteiger partial charge < -0.3 is 10.4 Å². The molecule has 1 aromatic carbocycles. The van der Waals surface area contributed by atoms with Gasteiger partial charge in [0.25, 0.3) is 0 Å². The Hall–Kier alpha value is -2.52. The van der Waals surface area contributed by atoms with Crippen molar-refractivity contribution < 1.29 is 9.50 Å². The lowest BCUT2D eigenvalue weighted by Crippen LogP contribution is -2.28. The molecule has 1 aliphatic rings. The summed E-state index contributed by atoms with van der Waals surface area (Å²) in [5.74, 6) is 0.348. The zero-order valence-corrected chi connectivity index (χ0v) is 12.7. The molecule has 2 aromatic rings. The summed E-state index contributed by atoms with van der Waals surface area (Å²) >= 11 is 0. The normalized spacial score (nSPS) is 16.4. The second-order valence-corrected chi connectivity index (χ2v) is 5.87. The van der Waals surface area contributed by atoms with Crippen LogP contribution < -0.4 is 5.32 Å². The van der Waals surface area contributed by atoms with E-state index in [1.165, 1.54) is 6.07 Å². The molecule has 1 aliphatic carbocycles. The standard InChI is InChI=1S/C17H17FN4O/c1-10-2-3-12(8-14(10)18)16(17(23)11-4-5-11)20-15-7-6-13(9-19)21-22-15/h2-3,6-8,11,16-17,23H,4-5H2,1H3,(H,20,22). The highest BCUT2D eigenvalue weighted by Crippen LogP contribution is 2.39. The summed E-state index contributed by atoms with van der Waals surface area (Å²) in [7, 11) is 0. The number of aliphatic hydroxyl groups is 1. The van der Waals surface area contributed by atoms with E-state index in [1.54, 1.807) is 31.2 Å². The summed E-state index contributed by atoms with van der Waals surface area (Å²) in [4.78, 5) is 0. The van der Waals surface area contributed by atoms with Gasteiger partial charge in [0.05, 0.1) is 12.1 Å². The van der Waals surface area contributed by atoms with Crippen LogP contribution in [0.4, 0.5) is 10.2 Å². The van der Waals surface area contributed by atoms with Crippen LogP contribution in [0.3, 0.4) is 0 Å². The first-order valence-corrected chi connectivity index (χ1v) is 7.53. The molecule has 1 aromatic heterocycles. The predicted molar refractivity (Wildman–Crippen MR) is 83.0 cm³/mol. The highest BCUT2D eigenvalue weighted by atomic mass is 19.1. The van der Waals surface area contributed by atoms with Crippen molar-refractivity contribution in [2.24, 2.45) is 5.92 Å². The maximum Gasteiger partial charge on any atom is 0.163 e. The Morgan fingerprint density at radius 2 is 2.09 bits per heavy atom. The van der Waals surface area contributed by atoms with Crippen LogP contribution in [0.5, 0.6) is 0 Å². The third-order valence-electron chi connectivity index (χ3n) is 4.08. The van der Waals surface area contributed by atoms with Gasteiger partial charge in [-0.1, -0.05) is 12.1 Å². The summed E-state index contributed by atoms with van der Waals surface area (Å²) in [6, 6.07) is 9.55. The van der Waals surface area contributed by atoms with Crippen molar-refractivity contribution in [2.75, 3.05) is 5.32 Å². The zero-order valence-electron chi connectivity index (χ0n) is 12.7. The molecular formula is C17H17FN4O. The highest BCUT2D eigenvalue weighted by Gasteiger charge is 2.36. The molecule has 3 rings (SSSR count). The number of aliphatic hydroxyl groups excluding tert-OH is 1. The average Bonchev–Trinajstić information content (AvgIpc) is 3.40. The van der Waals surface area contributed by atoms with Gasteiger partial charge in [-0.05, 0) is 55.0 Å². The van der Waals surface area contributed by atoms with Gasteiger partial charge in [0.2, 0.25) is 0 Å². The molecule has 0 bridgehead atoms. The minimum atomic E-state index is -0.630. The number of nitrogens with zero attached hydrogens (tertiary/aromatic N) is 3. The van der Waals surface area contributed by atoms with Crippen LogP contribution in [0.2, 0.25) is 0 Å². The molecule has 0 spiro atoms. The van der Waals surface area contributed by atoms with E-state index in [4.69, 9.17) is 5.26 Å². The largest absolute Gasteiger partial charge is 0.390 e. The van der Waals surface area contributed by atoms with Gasteiger partial charge in [0.15, 0.2) is 5.69 Å². The molecule has 118 valence electrons. The van der Waals surface area contributed by atoms with E-state index < -0.39 is 12.1 Å². The van der Waals surface area contributed by atoms with Crippen LogP contribution >= 0.6 is 0 Å². The SMILES string of the molecule is Cc1ccc(C(Nc2ccc(C#N)nn2)C(O)C2CC2)cc1F. The molecule has 1 heterocycles. The molecule has 6 heteroatoms. The molecule has 0 saturated heterocycles. The molecular weight excluding hydrogens is 295 g/mol. The fourth-order valence-corrected chi connectivity index (χ4v) is 2.51. The predicted octanol–water partition coefficient (Wildman–Crippen LogP) is 2.72. The molecule has 2 atom stereocenters. The fourth-order valence-electron chi connectivity index (χ4n) is 2.51. The lowest BCUT2D eigenvalue weighted by atomic mass is 9.97. The van der Waals surface area contributed by atoms with Crippen molar-refractivity contribution in [1.82, 2.24) is 10.2 Å². The van der Waals surface area contributed by atoms with E-state index >= 15 is 0 Å². The van der Waals surface area contributed by atoms with Crippen LogP contribution in [-0.2, 0) is 0 Å². The molecule has 1 saturated carbocycles. The van der Waals surface area contributed by atoms with Crippen molar-refractivity contribution in [3.8, 4) is 6.07 Å². The van der Waals surface area contributed by atoms with E-state index in [2.05, 4.69) is 15.5 Å². The van der Waals surface area contributed by atoms with E-state index in [-0.39, 0.29) is 17.4 Å². The first kappa shape index (κ1) is 15.4. The van der Waals surface area contributed by atoms with Crippen molar-refractivity contribution in [2.45, 2.75) is 31.9 Å². The third-order valence-corrected chi connectivity index (χ3v) is 4.08. The molecule has 1 fully saturated rings. The van der Waals surface area contributed by atoms with Crippen LogP contribution in [-0.4, -0.2) is 21.4 Å². The minimum absolute atomic E-state index is 0.211. The number of aromatic nitrogens is 2. The van der Waals surface area contributed by atoms with Crippen molar-refractivity contribution in [3.63, 3.8) is 0 Å². The Labute approximate surface area is 133 Å². The summed E-state index contributed by atoms with van der Waals surface area (Å²) in [6.45, 7) is 1.70. The van der Waals surface area contributed by atoms with Crippen LogP contribution in [0.15, 0.2) is 30.3 Å². The number of rotatable bonds is 5. The van der Waals surface area contributed by atoms with Crippen molar-refractivity contribution in [1.29, 1.82) is 5.26 Å². The second-order valence-electron chi connectivity index (χ2n) is 5.87. The Kier molecular flexibility index (Phi) is 4.22. The number of hydrogen-bond donors (Lipinski definition) is 2. The van der Waals surface area contributed by atoms with Gasteiger partial charge in [-0.15, -0.1) is 10.2 Å². The number of halogens is 1. The molecule has 0 radical (unpaired) electrons. The van der Waals surface area contributed by atoms with Crippen molar-refractivity contribution in [3.05, 3.63) is 53.0 Å². The first-order chi connectivity index (χ1) is 11.1. The Bertz CT molecular complexity index is 737. The third kappa shape index (κ3) is 3.46. The van der Waals surface area contributed by atoms with Crippen LogP contribution in [0, 0.1) is 30.0 Å². The lowest BCUT2D eigenvalue weighted by Gasteiger charge is -2.25. The van der Waals surface area contributed by atoms with E-state index in [1.807, 2.05) is 6.07 Å². The summed E-state index contributed by atoms with van der Waals surface area (Å²) in [5.41, 5.74) is 1.45. The Balaban J connectivity index is 1.88. The lowest BCUT2D eigenvalue weighted by molar-refractivity contribution is 0.129. The monoisotopic (exact) mass is 312 g/mol. The van der Waals surface area contributed by atoms with Crippen LogP contribution in [0.25, 0.3) is 0 Å². The Morgan fingerprint density at radius 3 is 2.65 bits per heavy atom. The maximum absolute atomic E-state index is 13.9. The summed E-state index contributed by atoms with van der Waals surface area (Å²) in [5, 5.41) is 30.1. The van der Waals surface area contributed by atoms with E-state index in [0.717, 1.165) is 12.8 Å². The molecule has 0 aliphatic heterocycles. The van der Waals surface area contributed by atoms with Gasteiger partial charge in [-0.2, -0.15) is 5.26 Å². The summed E-state index contributed by atoms with van der Waals surface area (Å²) < 4.78 is 13.9. The van der Waals surface area contributed by atoms with Crippen LogP contribution in [0.1, 0.15) is 35.7 Å². The van der Waals surface area contributed by atoms with E-state index in [0.29, 0.717) is 16.9 Å². The number of nitrogens with one attached hydrogen (secondary N) is 1. The van der Waals surface area contributed by atoms with Gasteiger partial charge in [-0.3, -0.25) is 0 Å². The van der Waals surface area contributed by atoms with Crippen molar-refractivity contribution >= 4 is 5.82 Å². The topological polar surface area (TPSA) is 81.8 Å². The quantitative estimate of drug-likeness (QED) is 0.887. The number of aryl methyl sites for hydroxylation is 1. The fraction of sp³-hybridized carbons (Fsp3) is 0.353. The molecule has 2 unspecified atom stereocenters. The smallest absolute Gasteiger partial charge is 0.163 e. The highest BCUT2D eigenvalue weighted by molar-refractivity contribution is 5.40. The van der Waals surface area contributed by atoms with Gasteiger partial charge in [-0.25, -0.2) is 4.39 Å². The molecule has 23 heavy (non-hydrogen) atoms. The van der Waals surface area contributed by atoms with Gasteiger partial charge in [0, 0.05) is 0 Å². The number of nitriles is 1. The molecule has 0 amide bonds. The van der Waals surface area contributed by atoms with Gasteiger partial charge in [0.1, 0.15) is 17.7 Å².